The highest BCUT2D eigenvalue weighted by molar-refractivity contribution is 4.65. The maximum Gasteiger partial charge on any atom is 0.0591 e. The molecule has 0 aromatic carbocycles. The van der Waals surface area contributed by atoms with Crippen LogP contribution in [0.3, 0.4) is 0 Å². The van der Waals surface area contributed by atoms with Crippen LogP contribution in [0.25, 0.3) is 0 Å². The van der Waals surface area contributed by atoms with Crippen LogP contribution in [0.2, 0.25) is 0 Å². The minimum Gasteiger partial charge on any atom is -0.380 e. The number of hydrogen-bond acceptors (Lipinski definition) is 2. The zero-order valence-electron chi connectivity index (χ0n) is 9.01. The summed E-state index contributed by atoms with van der Waals surface area (Å²) >= 11 is 0. The van der Waals surface area contributed by atoms with E-state index in [1.807, 2.05) is 6.08 Å². The van der Waals surface area contributed by atoms with Crippen LogP contribution in [-0.4, -0.2) is 25.8 Å². The summed E-state index contributed by atoms with van der Waals surface area (Å²) in [6.45, 7) is 10.7. The normalized spacial score (nSPS) is 12.8. The smallest absolute Gasteiger partial charge is 0.0591 e. The third kappa shape index (κ3) is 9.57. The Labute approximate surface area is 82.4 Å². The molecule has 1 unspecified atom stereocenters. The molecule has 0 fully saturated rings. The molecule has 0 aromatic heterocycles. The predicted molar refractivity (Wildman–Crippen MR) is 58.0 cm³/mol. The number of ether oxygens (including phenoxy) is 1. The Kier molecular flexibility index (Phi) is 9.49. The van der Waals surface area contributed by atoms with Gasteiger partial charge >= 0.3 is 0 Å². The zero-order chi connectivity index (χ0) is 9.94. The van der Waals surface area contributed by atoms with Crippen molar-refractivity contribution >= 4 is 0 Å². The van der Waals surface area contributed by atoms with Crippen LogP contribution < -0.4 is 5.32 Å². The van der Waals surface area contributed by atoms with E-state index >= 15 is 0 Å². The van der Waals surface area contributed by atoms with Crippen molar-refractivity contribution in [3.8, 4) is 0 Å². The first-order valence-electron chi connectivity index (χ1n) is 5.23. The minimum atomic E-state index is 0.608. The van der Waals surface area contributed by atoms with Gasteiger partial charge in [0.1, 0.15) is 0 Å². The Bertz CT molecular complexity index is 115. The van der Waals surface area contributed by atoms with Gasteiger partial charge in [0.25, 0.3) is 0 Å². The maximum atomic E-state index is 5.42. The molecule has 0 rings (SSSR count). The number of rotatable bonds is 9. The van der Waals surface area contributed by atoms with E-state index in [9.17, 15) is 0 Å². The Balaban J connectivity index is 2.95. The van der Waals surface area contributed by atoms with E-state index in [1.165, 1.54) is 6.42 Å². The maximum absolute atomic E-state index is 5.42. The van der Waals surface area contributed by atoms with Crippen LogP contribution >= 0.6 is 0 Å². The summed E-state index contributed by atoms with van der Waals surface area (Å²) < 4.78 is 5.42. The molecule has 1 N–H and O–H groups in total. The number of allylic oxidation sites excluding steroid dienone is 1. The second kappa shape index (κ2) is 9.75. The molecule has 0 aromatic rings. The summed E-state index contributed by atoms with van der Waals surface area (Å²) in [5, 5.41) is 3.38. The van der Waals surface area contributed by atoms with Gasteiger partial charge in [0.2, 0.25) is 0 Å². The lowest BCUT2D eigenvalue weighted by molar-refractivity contribution is 0.132. The Hall–Kier alpha value is -0.340. The van der Waals surface area contributed by atoms with E-state index in [1.54, 1.807) is 0 Å². The fraction of sp³-hybridized carbons (Fsp3) is 0.818. The van der Waals surface area contributed by atoms with Crippen molar-refractivity contribution in [2.45, 2.75) is 39.2 Å². The van der Waals surface area contributed by atoms with Gasteiger partial charge in [0.05, 0.1) is 6.61 Å². The number of hydrogen-bond donors (Lipinski definition) is 1. The predicted octanol–water partition coefficient (Wildman–Crippen LogP) is 2.36. The summed E-state index contributed by atoms with van der Waals surface area (Å²) in [6, 6.07) is 0.608. The Morgan fingerprint density at radius 2 is 2.23 bits per heavy atom. The molecule has 13 heavy (non-hydrogen) atoms. The highest BCUT2D eigenvalue weighted by Crippen LogP contribution is 1.90. The molecule has 1 atom stereocenters. The molecule has 0 amide bonds. The fourth-order valence-electron chi connectivity index (χ4n) is 0.954. The van der Waals surface area contributed by atoms with E-state index in [-0.39, 0.29) is 0 Å². The van der Waals surface area contributed by atoms with Crippen molar-refractivity contribution in [1.29, 1.82) is 0 Å². The van der Waals surface area contributed by atoms with E-state index in [0.717, 1.165) is 32.6 Å². The average Bonchev–Trinajstić information content (AvgIpc) is 2.16. The molecule has 0 aliphatic heterocycles. The second-order valence-corrected chi connectivity index (χ2v) is 3.31. The SMILES string of the molecule is C=CCCCOCCNC(C)CC. The van der Waals surface area contributed by atoms with Gasteiger partial charge in [-0.2, -0.15) is 0 Å². The van der Waals surface area contributed by atoms with E-state index in [0.29, 0.717) is 6.04 Å². The van der Waals surface area contributed by atoms with E-state index in [2.05, 4.69) is 25.7 Å². The van der Waals surface area contributed by atoms with Gasteiger partial charge in [-0.25, -0.2) is 0 Å². The Morgan fingerprint density at radius 1 is 1.46 bits per heavy atom. The third-order valence-corrected chi connectivity index (χ3v) is 2.05. The fourth-order valence-corrected chi connectivity index (χ4v) is 0.954. The largest absolute Gasteiger partial charge is 0.380 e. The molecule has 0 heterocycles. The molecule has 2 nitrogen and oxygen atoms in total. The zero-order valence-corrected chi connectivity index (χ0v) is 9.01. The number of unbranched alkanes of at least 4 members (excludes halogenated alkanes) is 1. The van der Waals surface area contributed by atoms with Gasteiger partial charge in [-0.1, -0.05) is 13.0 Å². The summed E-state index contributed by atoms with van der Waals surface area (Å²) in [7, 11) is 0. The summed E-state index contributed by atoms with van der Waals surface area (Å²) in [4.78, 5) is 0. The quantitative estimate of drug-likeness (QED) is 0.440. The molecule has 0 saturated heterocycles. The van der Waals surface area contributed by atoms with Crippen molar-refractivity contribution in [1.82, 2.24) is 5.32 Å². The van der Waals surface area contributed by atoms with Crippen LogP contribution in [0.15, 0.2) is 12.7 Å². The van der Waals surface area contributed by atoms with Gasteiger partial charge in [0.15, 0.2) is 0 Å². The first-order valence-corrected chi connectivity index (χ1v) is 5.23. The third-order valence-electron chi connectivity index (χ3n) is 2.05. The lowest BCUT2D eigenvalue weighted by Crippen LogP contribution is -2.28. The molecular weight excluding hydrogens is 162 g/mol. The minimum absolute atomic E-state index is 0.608. The van der Waals surface area contributed by atoms with Crippen LogP contribution in [-0.2, 0) is 4.74 Å². The molecule has 0 radical (unpaired) electrons. The van der Waals surface area contributed by atoms with Gasteiger partial charge < -0.3 is 10.1 Å². The van der Waals surface area contributed by atoms with Crippen LogP contribution in [0.5, 0.6) is 0 Å². The lowest BCUT2D eigenvalue weighted by Gasteiger charge is -2.10. The second-order valence-electron chi connectivity index (χ2n) is 3.31. The van der Waals surface area contributed by atoms with Crippen LogP contribution in [0.1, 0.15) is 33.1 Å². The highest BCUT2D eigenvalue weighted by atomic mass is 16.5. The summed E-state index contributed by atoms with van der Waals surface area (Å²) in [5.41, 5.74) is 0. The number of nitrogens with one attached hydrogen (secondary N) is 1. The molecule has 0 saturated carbocycles. The van der Waals surface area contributed by atoms with Gasteiger partial charge in [-0.05, 0) is 26.2 Å². The molecule has 0 aliphatic carbocycles. The molecule has 0 aliphatic rings. The standard InChI is InChI=1S/C11H23NO/c1-4-6-7-9-13-10-8-12-11(3)5-2/h4,11-12H,1,5-10H2,2-3H3. The molecule has 2 heteroatoms. The first kappa shape index (κ1) is 12.7. The lowest BCUT2D eigenvalue weighted by atomic mass is 10.3. The topological polar surface area (TPSA) is 21.3 Å². The average molecular weight is 185 g/mol. The molecular formula is C11H23NO. The van der Waals surface area contributed by atoms with Crippen molar-refractivity contribution in [2.75, 3.05) is 19.8 Å². The monoisotopic (exact) mass is 185 g/mol. The van der Waals surface area contributed by atoms with Crippen molar-refractivity contribution in [3.63, 3.8) is 0 Å². The Morgan fingerprint density at radius 3 is 2.85 bits per heavy atom. The molecule has 0 spiro atoms. The van der Waals surface area contributed by atoms with Crippen molar-refractivity contribution < 1.29 is 4.74 Å². The van der Waals surface area contributed by atoms with E-state index < -0.39 is 0 Å². The molecule has 0 bridgehead atoms. The van der Waals surface area contributed by atoms with Gasteiger partial charge in [-0.3, -0.25) is 0 Å². The van der Waals surface area contributed by atoms with Crippen molar-refractivity contribution in [3.05, 3.63) is 12.7 Å². The van der Waals surface area contributed by atoms with Gasteiger partial charge in [-0.15, -0.1) is 6.58 Å². The first-order chi connectivity index (χ1) is 6.31. The van der Waals surface area contributed by atoms with Crippen molar-refractivity contribution in [2.24, 2.45) is 0 Å². The summed E-state index contributed by atoms with van der Waals surface area (Å²) in [6.07, 6.45) is 5.25. The van der Waals surface area contributed by atoms with Gasteiger partial charge in [0, 0.05) is 19.2 Å². The van der Waals surface area contributed by atoms with Crippen LogP contribution in [0, 0.1) is 0 Å². The van der Waals surface area contributed by atoms with Crippen LogP contribution in [0.4, 0.5) is 0 Å². The molecule has 78 valence electrons. The summed E-state index contributed by atoms with van der Waals surface area (Å²) in [5.74, 6) is 0. The highest BCUT2D eigenvalue weighted by Gasteiger charge is 1.95. The van der Waals surface area contributed by atoms with E-state index in [4.69, 9.17) is 4.74 Å².